The Balaban J connectivity index is 2.32. The number of aliphatic imine (C=N–C) groups is 1. The number of aromatic nitrogens is 2. The van der Waals surface area contributed by atoms with Crippen LogP contribution in [0.4, 0.5) is 0 Å². The normalized spacial score (nSPS) is 18.3. The van der Waals surface area contributed by atoms with Crippen molar-refractivity contribution in [3.05, 3.63) is 18.0 Å². The fourth-order valence-corrected chi connectivity index (χ4v) is 1.60. The van der Waals surface area contributed by atoms with Gasteiger partial charge in [0, 0.05) is 11.8 Å². The topological polar surface area (TPSA) is 47.2 Å². The van der Waals surface area contributed by atoms with Crippen molar-refractivity contribution >= 4 is 6.08 Å². The van der Waals surface area contributed by atoms with Gasteiger partial charge >= 0.3 is 0 Å². The van der Waals surface area contributed by atoms with Gasteiger partial charge in [0.2, 0.25) is 6.08 Å². The zero-order valence-corrected chi connectivity index (χ0v) is 9.32. The van der Waals surface area contributed by atoms with Gasteiger partial charge in [0.1, 0.15) is 5.54 Å². The lowest BCUT2D eigenvalue weighted by Crippen LogP contribution is -2.22. The van der Waals surface area contributed by atoms with Crippen LogP contribution in [-0.2, 0) is 15.9 Å². The van der Waals surface area contributed by atoms with Crippen molar-refractivity contribution in [2.45, 2.75) is 44.7 Å². The Kier molecular flexibility index (Phi) is 2.05. The molecular weight excluding hydrogens is 190 g/mol. The fourth-order valence-electron chi connectivity index (χ4n) is 1.60. The summed E-state index contributed by atoms with van der Waals surface area (Å²) in [6.07, 6.45) is 7.30. The van der Waals surface area contributed by atoms with Gasteiger partial charge in [-0.1, -0.05) is 0 Å². The largest absolute Gasteiger partial charge is 0.267 e. The lowest BCUT2D eigenvalue weighted by atomic mass is 10.1. The monoisotopic (exact) mass is 205 g/mol. The first kappa shape index (κ1) is 10.1. The third-order valence-corrected chi connectivity index (χ3v) is 2.79. The van der Waals surface area contributed by atoms with Crippen LogP contribution in [-0.4, -0.2) is 15.9 Å². The lowest BCUT2D eigenvalue weighted by molar-refractivity contribution is 0.355. The summed E-state index contributed by atoms with van der Waals surface area (Å²) in [5.74, 6) is 0. The van der Waals surface area contributed by atoms with Crippen molar-refractivity contribution in [2.24, 2.45) is 4.99 Å². The summed E-state index contributed by atoms with van der Waals surface area (Å²) in [6, 6.07) is 0. The van der Waals surface area contributed by atoms with Gasteiger partial charge in [0.25, 0.3) is 0 Å². The summed E-state index contributed by atoms with van der Waals surface area (Å²) in [7, 11) is 0. The van der Waals surface area contributed by atoms with E-state index >= 15 is 0 Å². The predicted molar refractivity (Wildman–Crippen MR) is 56.3 cm³/mol. The molecule has 0 N–H and O–H groups in total. The smallest absolute Gasteiger partial charge is 0.235 e. The van der Waals surface area contributed by atoms with E-state index in [1.807, 2.05) is 10.9 Å². The van der Waals surface area contributed by atoms with Gasteiger partial charge < -0.3 is 0 Å². The van der Waals surface area contributed by atoms with E-state index in [4.69, 9.17) is 0 Å². The summed E-state index contributed by atoms with van der Waals surface area (Å²) in [5, 5.41) is 4.30. The third kappa shape index (κ3) is 1.73. The number of hydrogen-bond acceptors (Lipinski definition) is 3. The SMILES string of the molecule is CC(C)(C)n1cc(C2(N=C=O)CC2)cn1. The van der Waals surface area contributed by atoms with Crippen LogP contribution in [0, 0.1) is 0 Å². The minimum absolute atomic E-state index is 0.0285. The van der Waals surface area contributed by atoms with E-state index in [2.05, 4.69) is 30.9 Å². The molecule has 1 heterocycles. The Bertz CT molecular complexity index is 417. The highest BCUT2D eigenvalue weighted by Crippen LogP contribution is 2.49. The van der Waals surface area contributed by atoms with Crippen molar-refractivity contribution in [3.8, 4) is 0 Å². The van der Waals surface area contributed by atoms with Gasteiger partial charge in [-0.25, -0.2) is 4.79 Å². The van der Waals surface area contributed by atoms with Crippen molar-refractivity contribution < 1.29 is 4.79 Å². The zero-order chi connectivity index (χ0) is 11.1. The second kappa shape index (κ2) is 3.04. The van der Waals surface area contributed by atoms with Crippen LogP contribution in [0.1, 0.15) is 39.2 Å². The summed E-state index contributed by atoms with van der Waals surface area (Å²) in [5.41, 5.74) is 0.700. The summed E-state index contributed by atoms with van der Waals surface area (Å²) in [4.78, 5) is 14.2. The summed E-state index contributed by atoms with van der Waals surface area (Å²) >= 11 is 0. The molecule has 0 unspecified atom stereocenters. The number of hydrogen-bond donors (Lipinski definition) is 0. The van der Waals surface area contributed by atoms with Gasteiger partial charge in [0.05, 0.1) is 11.7 Å². The Morgan fingerprint density at radius 3 is 2.60 bits per heavy atom. The van der Waals surface area contributed by atoms with E-state index in [0.29, 0.717) is 0 Å². The minimum Gasteiger partial charge on any atom is -0.267 e. The maximum Gasteiger partial charge on any atom is 0.235 e. The molecule has 1 saturated carbocycles. The first-order valence-corrected chi connectivity index (χ1v) is 5.13. The second-order valence-corrected chi connectivity index (χ2v) is 5.08. The van der Waals surface area contributed by atoms with E-state index in [9.17, 15) is 4.79 Å². The van der Waals surface area contributed by atoms with Crippen LogP contribution in [0.5, 0.6) is 0 Å². The van der Waals surface area contributed by atoms with E-state index in [0.717, 1.165) is 18.4 Å². The first-order valence-electron chi connectivity index (χ1n) is 5.13. The molecule has 1 aromatic heterocycles. The minimum atomic E-state index is -0.300. The molecule has 4 nitrogen and oxygen atoms in total. The Labute approximate surface area is 89.0 Å². The van der Waals surface area contributed by atoms with Crippen molar-refractivity contribution in [1.29, 1.82) is 0 Å². The van der Waals surface area contributed by atoms with Crippen LogP contribution >= 0.6 is 0 Å². The summed E-state index contributed by atoms with van der Waals surface area (Å²) in [6.45, 7) is 6.27. The van der Waals surface area contributed by atoms with Crippen molar-refractivity contribution in [2.75, 3.05) is 0 Å². The van der Waals surface area contributed by atoms with Crippen LogP contribution < -0.4 is 0 Å². The quantitative estimate of drug-likeness (QED) is 0.547. The third-order valence-electron chi connectivity index (χ3n) is 2.79. The molecule has 2 rings (SSSR count). The van der Waals surface area contributed by atoms with Gasteiger partial charge in [-0.2, -0.15) is 10.1 Å². The number of nitrogens with zero attached hydrogens (tertiary/aromatic N) is 3. The van der Waals surface area contributed by atoms with Gasteiger partial charge in [-0.3, -0.25) is 4.68 Å². The Hall–Kier alpha value is -1.41. The molecule has 0 aromatic carbocycles. The molecule has 0 aliphatic heterocycles. The highest BCUT2D eigenvalue weighted by atomic mass is 16.1. The predicted octanol–water partition coefficient (Wildman–Crippen LogP) is 1.96. The van der Waals surface area contributed by atoms with Crippen LogP contribution in [0.15, 0.2) is 17.4 Å². The summed E-state index contributed by atoms with van der Waals surface area (Å²) < 4.78 is 1.91. The van der Waals surface area contributed by atoms with E-state index in [-0.39, 0.29) is 11.1 Å². The molecular formula is C11H15N3O. The van der Waals surface area contributed by atoms with E-state index in [1.54, 1.807) is 12.3 Å². The second-order valence-electron chi connectivity index (χ2n) is 5.08. The highest BCUT2D eigenvalue weighted by Gasteiger charge is 2.46. The number of carbonyl (C=O) groups excluding carboxylic acids is 1. The standard InChI is InChI=1S/C11H15N3O/c1-10(2,3)14-7-9(6-13-14)11(4-5-11)12-8-15/h6-7H,4-5H2,1-3H3. The average Bonchev–Trinajstić information content (AvgIpc) is 2.75. The van der Waals surface area contributed by atoms with Crippen molar-refractivity contribution in [3.63, 3.8) is 0 Å². The van der Waals surface area contributed by atoms with Crippen LogP contribution in [0.25, 0.3) is 0 Å². The molecule has 15 heavy (non-hydrogen) atoms. The molecule has 1 aliphatic rings. The molecule has 1 aromatic rings. The van der Waals surface area contributed by atoms with Gasteiger partial charge in [-0.05, 0) is 33.6 Å². The molecule has 80 valence electrons. The van der Waals surface area contributed by atoms with Gasteiger partial charge in [0.15, 0.2) is 0 Å². The fraction of sp³-hybridized carbons (Fsp3) is 0.636. The maximum absolute atomic E-state index is 10.3. The highest BCUT2D eigenvalue weighted by molar-refractivity contribution is 5.40. The number of isocyanates is 1. The molecule has 4 heteroatoms. The first-order chi connectivity index (χ1) is 6.98. The molecule has 0 amide bonds. The number of rotatable bonds is 2. The van der Waals surface area contributed by atoms with Crippen LogP contribution in [0.3, 0.4) is 0 Å². The lowest BCUT2D eigenvalue weighted by Gasteiger charge is -2.18. The Morgan fingerprint density at radius 2 is 2.20 bits per heavy atom. The Morgan fingerprint density at radius 1 is 1.53 bits per heavy atom. The molecule has 0 radical (unpaired) electrons. The average molecular weight is 205 g/mol. The van der Waals surface area contributed by atoms with E-state index in [1.165, 1.54) is 0 Å². The molecule has 0 saturated heterocycles. The van der Waals surface area contributed by atoms with Crippen LogP contribution in [0.2, 0.25) is 0 Å². The molecule has 0 atom stereocenters. The molecule has 0 spiro atoms. The van der Waals surface area contributed by atoms with E-state index < -0.39 is 0 Å². The molecule has 1 fully saturated rings. The van der Waals surface area contributed by atoms with Gasteiger partial charge in [-0.15, -0.1) is 0 Å². The van der Waals surface area contributed by atoms with Crippen molar-refractivity contribution in [1.82, 2.24) is 9.78 Å². The molecule has 0 bridgehead atoms. The molecule has 1 aliphatic carbocycles. The zero-order valence-electron chi connectivity index (χ0n) is 9.32. The maximum atomic E-state index is 10.3.